The first-order chi connectivity index (χ1) is 12.7. The standard InChI is InChI=1S/C20H24N4OS/c1-15-7-19(22-14-21-15)23-8-17-10-24(11-18(17)9-23)20(25)13-26-12-16-5-3-2-4-6-16/h2-7,14,17-18H,8-13H2,1H3. The normalized spacial score (nSPS) is 21.9. The maximum Gasteiger partial charge on any atom is 0.232 e. The second-order valence-electron chi connectivity index (χ2n) is 7.22. The molecule has 26 heavy (non-hydrogen) atoms. The lowest BCUT2D eigenvalue weighted by Gasteiger charge is -2.22. The summed E-state index contributed by atoms with van der Waals surface area (Å²) >= 11 is 1.71. The first kappa shape index (κ1) is 17.3. The molecule has 2 aromatic rings. The van der Waals surface area contributed by atoms with Crippen LogP contribution in [0.25, 0.3) is 0 Å². The third-order valence-electron chi connectivity index (χ3n) is 5.29. The van der Waals surface area contributed by atoms with Crippen molar-refractivity contribution >= 4 is 23.5 Å². The summed E-state index contributed by atoms with van der Waals surface area (Å²) in [5, 5.41) is 0. The Morgan fingerprint density at radius 2 is 1.85 bits per heavy atom. The number of anilines is 1. The van der Waals surface area contributed by atoms with E-state index in [0.717, 1.165) is 43.4 Å². The Labute approximate surface area is 158 Å². The minimum atomic E-state index is 0.282. The predicted octanol–water partition coefficient (Wildman–Crippen LogP) is 2.61. The van der Waals surface area contributed by atoms with Gasteiger partial charge in [0, 0.05) is 55.5 Å². The molecular formula is C20H24N4OS. The van der Waals surface area contributed by atoms with Crippen molar-refractivity contribution in [3.63, 3.8) is 0 Å². The molecule has 0 spiro atoms. The Kier molecular flexibility index (Phi) is 5.11. The molecule has 2 unspecified atom stereocenters. The van der Waals surface area contributed by atoms with Crippen LogP contribution in [0.4, 0.5) is 5.82 Å². The monoisotopic (exact) mass is 368 g/mol. The SMILES string of the molecule is Cc1cc(N2CC3CN(C(=O)CSCc4ccccc4)CC3C2)ncn1. The van der Waals surface area contributed by atoms with E-state index in [-0.39, 0.29) is 5.91 Å². The molecule has 1 amide bonds. The van der Waals surface area contributed by atoms with E-state index in [1.54, 1.807) is 18.1 Å². The summed E-state index contributed by atoms with van der Waals surface area (Å²) in [7, 11) is 0. The number of amides is 1. The molecule has 2 atom stereocenters. The highest BCUT2D eigenvalue weighted by molar-refractivity contribution is 7.99. The van der Waals surface area contributed by atoms with Crippen LogP contribution in [0.15, 0.2) is 42.7 Å². The summed E-state index contributed by atoms with van der Waals surface area (Å²) in [6, 6.07) is 12.4. The van der Waals surface area contributed by atoms with Gasteiger partial charge in [-0.2, -0.15) is 0 Å². The first-order valence-electron chi connectivity index (χ1n) is 9.12. The van der Waals surface area contributed by atoms with Crippen molar-refractivity contribution in [1.82, 2.24) is 14.9 Å². The number of carbonyl (C=O) groups excluding carboxylic acids is 1. The maximum absolute atomic E-state index is 12.5. The Balaban J connectivity index is 1.26. The van der Waals surface area contributed by atoms with Crippen LogP contribution in [-0.2, 0) is 10.5 Å². The topological polar surface area (TPSA) is 49.3 Å². The highest BCUT2D eigenvalue weighted by Crippen LogP contribution is 2.33. The number of aryl methyl sites for hydroxylation is 1. The van der Waals surface area contributed by atoms with E-state index >= 15 is 0 Å². The summed E-state index contributed by atoms with van der Waals surface area (Å²) in [4.78, 5) is 25.5. The van der Waals surface area contributed by atoms with Crippen LogP contribution in [0, 0.1) is 18.8 Å². The summed E-state index contributed by atoms with van der Waals surface area (Å²) in [5.74, 6) is 3.90. The Morgan fingerprint density at radius 3 is 2.54 bits per heavy atom. The molecule has 4 rings (SSSR count). The van der Waals surface area contributed by atoms with Crippen LogP contribution in [-0.4, -0.2) is 52.7 Å². The summed E-state index contributed by atoms with van der Waals surface area (Å²) < 4.78 is 0. The van der Waals surface area contributed by atoms with Crippen molar-refractivity contribution in [3.05, 3.63) is 54.0 Å². The number of hydrogen-bond donors (Lipinski definition) is 0. The molecule has 6 heteroatoms. The van der Waals surface area contributed by atoms with Gasteiger partial charge >= 0.3 is 0 Å². The van der Waals surface area contributed by atoms with E-state index < -0.39 is 0 Å². The number of likely N-dealkylation sites (tertiary alicyclic amines) is 1. The third kappa shape index (κ3) is 3.85. The van der Waals surface area contributed by atoms with Crippen molar-refractivity contribution in [2.24, 2.45) is 11.8 Å². The fourth-order valence-corrected chi connectivity index (χ4v) is 4.81. The van der Waals surface area contributed by atoms with Gasteiger partial charge in [-0.3, -0.25) is 4.79 Å². The van der Waals surface area contributed by atoms with Crippen molar-refractivity contribution in [1.29, 1.82) is 0 Å². The minimum Gasteiger partial charge on any atom is -0.356 e. The number of fused-ring (bicyclic) bond motifs is 1. The lowest BCUT2D eigenvalue weighted by atomic mass is 10.0. The molecule has 0 bridgehead atoms. The maximum atomic E-state index is 12.5. The molecule has 3 heterocycles. The van der Waals surface area contributed by atoms with E-state index in [1.807, 2.05) is 31.2 Å². The molecule has 0 saturated carbocycles. The Morgan fingerprint density at radius 1 is 1.12 bits per heavy atom. The Hall–Kier alpha value is -2.08. The molecule has 2 fully saturated rings. The van der Waals surface area contributed by atoms with Gasteiger partial charge in [-0.05, 0) is 12.5 Å². The van der Waals surface area contributed by atoms with Crippen LogP contribution in [0.3, 0.4) is 0 Å². The second kappa shape index (κ2) is 7.66. The fraction of sp³-hybridized carbons (Fsp3) is 0.450. The highest BCUT2D eigenvalue weighted by atomic mass is 32.2. The molecular weight excluding hydrogens is 344 g/mol. The van der Waals surface area contributed by atoms with Gasteiger partial charge in [0.2, 0.25) is 5.91 Å². The van der Waals surface area contributed by atoms with Gasteiger partial charge in [0.15, 0.2) is 0 Å². The van der Waals surface area contributed by atoms with E-state index in [9.17, 15) is 4.79 Å². The van der Waals surface area contributed by atoms with Gasteiger partial charge in [-0.15, -0.1) is 11.8 Å². The van der Waals surface area contributed by atoms with Crippen LogP contribution >= 0.6 is 11.8 Å². The quantitative estimate of drug-likeness (QED) is 0.812. The number of carbonyl (C=O) groups is 1. The van der Waals surface area contributed by atoms with Crippen molar-refractivity contribution in [2.45, 2.75) is 12.7 Å². The second-order valence-corrected chi connectivity index (χ2v) is 8.21. The molecule has 5 nitrogen and oxygen atoms in total. The van der Waals surface area contributed by atoms with E-state index in [0.29, 0.717) is 17.6 Å². The zero-order valence-corrected chi connectivity index (χ0v) is 15.9. The zero-order valence-electron chi connectivity index (χ0n) is 15.0. The van der Waals surface area contributed by atoms with E-state index in [1.165, 1.54) is 5.56 Å². The van der Waals surface area contributed by atoms with Gasteiger partial charge in [0.25, 0.3) is 0 Å². The molecule has 1 aromatic carbocycles. The van der Waals surface area contributed by atoms with Crippen LogP contribution < -0.4 is 4.90 Å². The lowest BCUT2D eigenvalue weighted by molar-refractivity contribution is -0.127. The predicted molar refractivity (Wildman–Crippen MR) is 105 cm³/mol. The van der Waals surface area contributed by atoms with Crippen LogP contribution in [0.2, 0.25) is 0 Å². The zero-order chi connectivity index (χ0) is 17.9. The highest BCUT2D eigenvalue weighted by Gasteiger charge is 2.41. The summed E-state index contributed by atoms with van der Waals surface area (Å²) in [6.07, 6.45) is 1.64. The number of hydrogen-bond acceptors (Lipinski definition) is 5. The number of benzene rings is 1. The lowest BCUT2D eigenvalue weighted by Crippen LogP contribution is -2.34. The number of rotatable bonds is 5. The van der Waals surface area contributed by atoms with Crippen LogP contribution in [0.5, 0.6) is 0 Å². The summed E-state index contributed by atoms with van der Waals surface area (Å²) in [5.41, 5.74) is 2.28. The molecule has 2 aliphatic heterocycles. The molecule has 2 aliphatic rings. The van der Waals surface area contributed by atoms with Gasteiger partial charge in [0.1, 0.15) is 12.1 Å². The van der Waals surface area contributed by atoms with Gasteiger partial charge in [0.05, 0.1) is 5.75 Å². The molecule has 0 N–H and O–H groups in total. The molecule has 0 radical (unpaired) electrons. The molecule has 0 aliphatic carbocycles. The van der Waals surface area contributed by atoms with Crippen molar-refractivity contribution in [3.8, 4) is 0 Å². The van der Waals surface area contributed by atoms with E-state index in [4.69, 9.17) is 0 Å². The number of thioether (sulfide) groups is 1. The van der Waals surface area contributed by atoms with Gasteiger partial charge in [-0.1, -0.05) is 30.3 Å². The third-order valence-corrected chi connectivity index (χ3v) is 6.28. The van der Waals surface area contributed by atoms with E-state index in [2.05, 4.69) is 31.9 Å². The number of nitrogens with zero attached hydrogens (tertiary/aromatic N) is 4. The average molecular weight is 369 g/mol. The Bertz CT molecular complexity index is 755. The van der Waals surface area contributed by atoms with Gasteiger partial charge < -0.3 is 9.80 Å². The largest absolute Gasteiger partial charge is 0.356 e. The summed E-state index contributed by atoms with van der Waals surface area (Å²) in [6.45, 7) is 5.74. The minimum absolute atomic E-state index is 0.282. The smallest absolute Gasteiger partial charge is 0.232 e. The first-order valence-corrected chi connectivity index (χ1v) is 10.3. The van der Waals surface area contributed by atoms with Crippen molar-refractivity contribution < 1.29 is 4.79 Å². The fourth-order valence-electron chi connectivity index (χ4n) is 3.92. The van der Waals surface area contributed by atoms with Crippen molar-refractivity contribution in [2.75, 3.05) is 36.8 Å². The number of aromatic nitrogens is 2. The molecule has 136 valence electrons. The van der Waals surface area contributed by atoms with Gasteiger partial charge in [-0.25, -0.2) is 9.97 Å². The molecule has 2 saturated heterocycles. The molecule has 1 aromatic heterocycles. The van der Waals surface area contributed by atoms with Crippen LogP contribution in [0.1, 0.15) is 11.3 Å². The average Bonchev–Trinajstić information content (AvgIpc) is 3.22.